The zero-order valence-corrected chi connectivity index (χ0v) is 17.6. The van der Waals surface area contributed by atoms with E-state index in [1.165, 1.54) is 11.8 Å². The molecule has 154 valence electrons. The first-order valence-electron chi connectivity index (χ1n) is 9.18. The van der Waals surface area contributed by atoms with E-state index < -0.39 is 11.9 Å². The van der Waals surface area contributed by atoms with Gasteiger partial charge in [-0.25, -0.2) is 0 Å². The molecule has 5 N–H and O–H groups in total. The van der Waals surface area contributed by atoms with Crippen molar-refractivity contribution in [1.29, 1.82) is 0 Å². The van der Waals surface area contributed by atoms with Crippen molar-refractivity contribution >= 4 is 40.9 Å². The highest BCUT2D eigenvalue weighted by atomic mass is 32.2. The summed E-state index contributed by atoms with van der Waals surface area (Å²) in [7, 11) is 0. The molecule has 0 aliphatic heterocycles. The lowest BCUT2D eigenvalue weighted by Crippen LogP contribution is -2.41. The van der Waals surface area contributed by atoms with E-state index in [0.717, 1.165) is 27.4 Å². The second kappa shape index (κ2) is 10.5. The predicted octanol–water partition coefficient (Wildman–Crippen LogP) is 2.44. The number of carbonyl (C=O) groups is 3. The molecule has 1 atom stereocenters. The quantitative estimate of drug-likeness (QED) is 0.471. The van der Waals surface area contributed by atoms with Gasteiger partial charge >= 0.3 is 0 Å². The second-order valence-corrected chi connectivity index (χ2v) is 7.67. The van der Waals surface area contributed by atoms with Crippen LogP contribution in [0.4, 0.5) is 11.4 Å². The van der Waals surface area contributed by atoms with Crippen molar-refractivity contribution in [2.24, 2.45) is 5.73 Å². The number of nitrogens with two attached hydrogens (primary N) is 1. The number of anilines is 2. The van der Waals surface area contributed by atoms with Crippen LogP contribution in [0.25, 0.3) is 0 Å². The average molecular weight is 415 g/mol. The highest BCUT2D eigenvalue weighted by molar-refractivity contribution is 8.00. The first-order chi connectivity index (χ1) is 13.8. The van der Waals surface area contributed by atoms with Gasteiger partial charge in [0.15, 0.2) is 0 Å². The molecule has 0 aromatic heterocycles. The Balaban J connectivity index is 1.89. The lowest BCUT2D eigenvalue weighted by molar-refractivity contribution is -0.124. The fourth-order valence-corrected chi connectivity index (χ4v) is 3.43. The summed E-state index contributed by atoms with van der Waals surface area (Å²) in [5.41, 5.74) is 8.61. The van der Waals surface area contributed by atoms with Crippen molar-refractivity contribution in [1.82, 2.24) is 5.32 Å². The molecule has 0 saturated heterocycles. The third-order valence-electron chi connectivity index (χ3n) is 4.19. The lowest BCUT2D eigenvalue weighted by atomic mass is 10.1. The van der Waals surface area contributed by atoms with E-state index >= 15 is 0 Å². The van der Waals surface area contributed by atoms with Crippen molar-refractivity contribution in [3.8, 4) is 0 Å². The number of thioether (sulfide) groups is 1. The Labute approximate surface area is 174 Å². The van der Waals surface area contributed by atoms with Gasteiger partial charge < -0.3 is 21.7 Å². The van der Waals surface area contributed by atoms with Crippen molar-refractivity contribution in [2.45, 2.75) is 31.7 Å². The number of hydrogen-bond donors (Lipinski definition) is 4. The maximum atomic E-state index is 12.4. The molecule has 29 heavy (non-hydrogen) atoms. The van der Waals surface area contributed by atoms with Crippen LogP contribution in [0.5, 0.6) is 0 Å². The fraction of sp³-hybridized carbons (Fsp3) is 0.286. The highest BCUT2D eigenvalue weighted by Gasteiger charge is 2.16. The summed E-state index contributed by atoms with van der Waals surface area (Å²) in [5, 5.41) is 8.58. The molecule has 8 heteroatoms. The molecular formula is C21H26N4O3S. The topological polar surface area (TPSA) is 113 Å². The van der Waals surface area contributed by atoms with Gasteiger partial charge in [-0.3, -0.25) is 14.4 Å². The zero-order chi connectivity index (χ0) is 21.4. The number of rotatable bonds is 9. The van der Waals surface area contributed by atoms with Gasteiger partial charge in [0.2, 0.25) is 17.7 Å². The fourth-order valence-electron chi connectivity index (χ4n) is 2.68. The Bertz CT molecular complexity index is 881. The molecule has 0 saturated carbocycles. The Morgan fingerprint density at radius 2 is 1.69 bits per heavy atom. The summed E-state index contributed by atoms with van der Waals surface area (Å²) in [4.78, 5) is 36.4. The average Bonchev–Trinajstić information content (AvgIpc) is 2.68. The minimum atomic E-state index is -0.571. The van der Waals surface area contributed by atoms with E-state index in [1.807, 2.05) is 56.3 Å². The summed E-state index contributed by atoms with van der Waals surface area (Å²) in [6.45, 7) is 5.41. The molecule has 0 heterocycles. The standard InChI is InChI=1S/C21H26N4O3S/c1-13-7-6-8-14(2)20(13)25-19(27)11-23-21(28)15(3)24-16-9-4-5-10-17(16)29-12-18(22)26/h4-10,15,24H,11-12H2,1-3H3,(H2,22,26)(H,23,28)(H,25,27)/t15-/m1/s1. The van der Waals surface area contributed by atoms with Gasteiger partial charge in [0.1, 0.15) is 6.04 Å². The predicted molar refractivity (Wildman–Crippen MR) is 117 cm³/mol. The number of para-hydroxylation sites is 2. The van der Waals surface area contributed by atoms with Crippen molar-refractivity contribution < 1.29 is 14.4 Å². The van der Waals surface area contributed by atoms with Crippen LogP contribution in [-0.2, 0) is 14.4 Å². The molecule has 0 aliphatic carbocycles. The summed E-state index contributed by atoms with van der Waals surface area (Å²) >= 11 is 1.30. The van der Waals surface area contributed by atoms with Gasteiger partial charge in [-0.2, -0.15) is 0 Å². The Hall–Kier alpha value is -3.00. The number of nitrogens with one attached hydrogen (secondary N) is 3. The van der Waals surface area contributed by atoms with Crippen molar-refractivity contribution in [3.05, 3.63) is 53.6 Å². The molecule has 0 unspecified atom stereocenters. The van der Waals surface area contributed by atoms with E-state index in [-0.39, 0.29) is 24.1 Å². The van der Waals surface area contributed by atoms with E-state index in [9.17, 15) is 14.4 Å². The monoisotopic (exact) mass is 414 g/mol. The van der Waals surface area contributed by atoms with Gasteiger partial charge in [0.25, 0.3) is 0 Å². The van der Waals surface area contributed by atoms with E-state index in [1.54, 1.807) is 6.92 Å². The number of benzene rings is 2. The third-order valence-corrected chi connectivity index (χ3v) is 5.29. The van der Waals surface area contributed by atoms with Gasteiger partial charge in [-0.15, -0.1) is 11.8 Å². The summed E-state index contributed by atoms with van der Waals surface area (Å²) < 4.78 is 0. The molecule has 7 nitrogen and oxygen atoms in total. The maximum Gasteiger partial charge on any atom is 0.243 e. The molecule has 0 bridgehead atoms. The molecule has 2 aromatic carbocycles. The summed E-state index contributed by atoms with van der Waals surface area (Å²) in [6.07, 6.45) is 0. The molecule has 0 aliphatic rings. The molecule has 0 fully saturated rings. The summed E-state index contributed by atoms with van der Waals surface area (Å²) in [5.74, 6) is -0.861. The van der Waals surface area contributed by atoms with Crippen LogP contribution >= 0.6 is 11.8 Å². The summed E-state index contributed by atoms with van der Waals surface area (Å²) in [6, 6.07) is 12.5. The Kier molecular flexibility index (Phi) is 8.09. The maximum absolute atomic E-state index is 12.4. The number of primary amides is 1. The lowest BCUT2D eigenvalue weighted by Gasteiger charge is -2.18. The van der Waals surface area contributed by atoms with Crippen LogP contribution in [0.15, 0.2) is 47.4 Å². The number of aryl methyl sites for hydroxylation is 2. The van der Waals surface area contributed by atoms with Gasteiger partial charge in [0, 0.05) is 16.3 Å². The largest absolute Gasteiger partial charge is 0.373 e. The highest BCUT2D eigenvalue weighted by Crippen LogP contribution is 2.27. The molecule has 3 amide bonds. The smallest absolute Gasteiger partial charge is 0.243 e. The molecule has 0 spiro atoms. The van der Waals surface area contributed by atoms with Crippen LogP contribution in [0.2, 0.25) is 0 Å². The van der Waals surface area contributed by atoms with Gasteiger partial charge in [-0.05, 0) is 44.0 Å². The van der Waals surface area contributed by atoms with Gasteiger partial charge in [0.05, 0.1) is 12.3 Å². The first-order valence-corrected chi connectivity index (χ1v) is 10.2. The minimum Gasteiger partial charge on any atom is -0.373 e. The van der Waals surface area contributed by atoms with Crippen LogP contribution in [-0.4, -0.2) is 36.1 Å². The molecular weight excluding hydrogens is 388 g/mol. The minimum absolute atomic E-state index is 0.128. The van der Waals surface area contributed by atoms with Crippen LogP contribution in [0.1, 0.15) is 18.1 Å². The van der Waals surface area contributed by atoms with Crippen molar-refractivity contribution in [3.63, 3.8) is 0 Å². The van der Waals surface area contributed by atoms with E-state index in [2.05, 4.69) is 16.0 Å². The molecule has 0 radical (unpaired) electrons. The molecule has 2 aromatic rings. The number of carbonyl (C=O) groups excluding carboxylic acids is 3. The first kappa shape index (κ1) is 22.3. The molecule has 2 rings (SSSR count). The Morgan fingerprint density at radius 1 is 1.03 bits per heavy atom. The normalized spacial score (nSPS) is 11.4. The van der Waals surface area contributed by atoms with Crippen molar-refractivity contribution in [2.75, 3.05) is 22.9 Å². The third kappa shape index (κ3) is 6.83. The van der Waals surface area contributed by atoms with E-state index in [0.29, 0.717) is 0 Å². The van der Waals surface area contributed by atoms with Gasteiger partial charge in [-0.1, -0.05) is 30.3 Å². The SMILES string of the molecule is Cc1cccc(C)c1NC(=O)CNC(=O)[C@@H](C)Nc1ccccc1SCC(N)=O. The van der Waals surface area contributed by atoms with Crippen LogP contribution in [0, 0.1) is 13.8 Å². The Morgan fingerprint density at radius 3 is 2.34 bits per heavy atom. The van der Waals surface area contributed by atoms with Crippen LogP contribution in [0.3, 0.4) is 0 Å². The number of amides is 3. The van der Waals surface area contributed by atoms with E-state index in [4.69, 9.17) is 5.73 Å². The van der Waals surface area contributed by atoms with Crippen LogP contribution < -0.4 is 21.7 Å². The zero-order valence-electron chi connectivity index (χ0n) is 16.7. The second-order valence-electron chi connectivity index (χ2n) is 6.65. The number of hydrogen-bond acceptors (Lipinski definition) is 5.